The summed E-state index contributed by atoms with van der Waals surface area (Å²) in [6.07, 6.45) is 0. The normalized spacial score (nSPS) is 8.27. The van der Waals surface area contributed by atoms with Gasteiger partial charge in [0.2, 0.25) is 0 Å². The Morgan fingerprint density at radius 2 is 1.36 bits per heavy atom. The summed E-state index contributed by atoms with van der Waals surface area (Å²) in [6.45, 7) is 0. The first-order chi connectivity index (χ1) is 4.30. The second-order valence-corrected chi connectivity index (χ2v) is 2.98. The quantitative estimate of drug-likeness (QED) is 0.388. The van der Waals surface area contributed by atoms with E-state index in [-0.39, 0.29) is 49.3 Å². The number of rotatable bonds is 1. The molecule has 0 aliphatic carbocycles. The van der Waals surface area contributed by atoms with Crippen molar-refractivity contribution < 1.29 is 44.8 Å². The van der Waals surface area contributed by atoms with Crippen LogP contribution in [0.5, 0.6) is 0 Å². The molecule has 1 aromatic rings. The Hall–Kier alpha value is 1.40. The molecule has 68 valence electrons. The third-order valence-electron chi connectivity index (χ3n) is 1.07. The standard InChI is InChI=1S/C7H8S2.2Au/c8-7(9)6-4-2-1-3-5-6;;/h1-5,7-9H;;/q;2*+1/p-2. The van der Waals surface area contributed by atoms with Crippen LogP contribution in [0.4, 0.5) is 0 Å². The Bertz CT molecular complexity index is 177. The fourth-order valence-electron chi connectivity index (χ4n) is 0.610. The fourth-order valence-corrected chi connectivity index (χ4v) is 0.924. The Kier molecular flexibility index (Phi) is 10.9. The molecule has 0 nitrogen and oxygen atoms in total. The maximum atomic E-state index is 4.86. The van der Waals surface area contributed by atoms with Gasteiger partial charge in [-0.15, -0.1) is 0 Å². The average Bonchev–Trinajstić information content (AvgIpc) is 1.90. The molecule has 1 aromatic carbocycles. The summed E-state index contributed by atoms with van der Waals surface area (Å²) in [5.41, 5.74) is 1.04. The zero-order chi connectivity index (χ0) is 6.69. The van der Waals surface area contributed by atoms with Gasteiger partial charge in [-0.2, -0.15) is 0 Å². The Balaban J connectivity index is 0. The van der Waals surface area contributed by atoms with E-state index in [1.165, 1.54) is 0 Å². The molecule has 1 rings (SSSR count). The zero-order valence-corrected chi connectivity index (χ0v) is 11.3. The second-order valence-electron chi connectivity index (χ2n) is 1.74. The van der Waals surface area contributed by atoms with Crippen LogP contribution < -0.4 is 0 Å². The maximum Gasteiger partial charge on any atom is 1.00 e. The van der Waals surface area contributed by atoms with Crippen LogP contribution in [0.15, 0.2) is 30.3 Å². The molecule has 0 aliphatic heterocycles. The van der Waals surface area contributed by atoms with Crippen LogP contribution in [0.25, 0.3) is 0 Å². The van der Waals surface area contributed by atoms with E-state index in [9.17, 15) is 0 Å². The van der Waals surface area contributed by atoms with Gasteiger partial charge in [0.25, 0.3) is 0 Å². The van der Waals surface area contributed by atoms with Gasteiger partial charge in [0.15, 0.2) is 0 Å². The molecule has 0 atom stereocenters. The van der Waals surface area contributed by atoms with Crippen molar-refractivity contribution in [1.29, 1.82) is 0 Å². The minimum Gasteiger partial charge on any atom is -0.810 e. The molecule has 0 spiro atoms. The molecule has 0 N–H and O–H groups in total. The van der Waals surface area contributed by atoms with E-state index in [0.717, 1.165) is 5.56 Å². The van der Waals surface area contributed by atoms with Crippen molar-refractivity contribution in [3.8, 4) is 0 Å². The molecule has 0 aromatic heterocycles. The molecule has 4 heteroatoms. The molecule has 0 unspecified atom stereocenters. The van der Waals surface area contributed by atoms with Crippen molar-refractivity contribution in [2.75, 3.05) is 0 Å². The van der Waals surface area contributed by atoms with Gasteiger partial charge in [0.1, 0.15) is 0 Å². The minimum absolute atomic E-state index is 0. The van der Waals surface area contributed by atoms with Gasteiger partial charge in [0.05, 0.1) is 0 Å². The number of hydrogen-bond acceptors (Lipinski definition) is 2. The van der Waals surface area contributed by atoms with Crippen molar-refractivity contribution in [3.05, 3.63) is 35.9 Å². The van der Waals surface area contributed by atoms with Gasteiger partial charge < -0.3 is 25.3 Å². The molecule has 0 saturated carbocycles. The summed E-state index contributed by atoms with van der Waals surface area (Å²) in [7, 11) is 0. The molecule has 11 heavy (non-hydrogen) atoms. The SMILES string of the molecule is [Au+].[Au+].[S-]C([S-])c1ccccc1. The van der Waals surface area contributed by atoms with Gasteiger partial charge in [-0.1, -0.05) is 35.9 Å². The first kappa shape index (κ1) is 14.9. The Labute approximate surface area is 109 Å². The largest absolute Gasteiger partial charge is 1.00 e. The average molecular weight is 548 g/mol. The summed E-state index contributed by atoms with van der Waals surface area (Å²) in [5, 5.41) is 0. The van der Waals surface area contributed by atoms with Crippen molar-refractivity contribution >= 4 is 25.3 Å². The van der Waals surface area contributed by atoms with Crippen LogP contribution in [0.1, 0.15) is 10.1 Å². The van der Waals surface area contributed by atoms with Crippen LogP contribution in [0, 0.1) is 0 Å². The van der Waals surface area contributed by atoms with Crippen molar-refractivity contribution in [1.82, 2.24) is 0 Å². The molecule has 0 amide bonds. The van der Waals surface area contributed by atoms with Gasteiger partial charge >= 0.3 is 44.8 Å². The third-order valence-corrected chi connectivity index (χ3v) is 1.62. The van der Waals surface area contributed by atoms with Gasteiger partial charge in [0, 0.05) is 0 Å². The summed E-state index contributed by atoms with van der Waals surface area (Å²) >= 11 is 9.72. The summed E-state index contributed by atoms with van der Waals surface area (Å²) in [4.78, 5) is 0. The number of hydrogen-bond donors (Lipinski definition) is 0. The van der Waals surface area contributed by atoms with Gasteiger partial charge in [-0.3, -0.25) is 4.58 Å². The van der Waals surface area contributed by atoms with E-state index < -0.39 is 0 Å². The predicted octanol–water partition coefficient (Wildman–Crippen LogP) is 1.77. The van der Waals surface area contributed by atoms with Crippen LogP contribution >= 0.6 is 0 Å². The van der Waals surface area contributed by atoms with Crippen molar-refractivity contribution in [2.45, 2.75) is 4.58 Å². The third kappa shape index (κ3) is 5.61. The van der Waals surface area contributed by atoms with E-state index >= 15 is 0 Å². The topological polar surface area (TPSA) is 0 Å². The Morgan fingerprint density at radius 1 is 0.909 bits per heavy atom. The monoisotopic (exact) mass is 548 g/mol. The summed E-state index contributed by atoms with van der Waals surface area (Å²) in [6, 6.07) is 9.74. The molecule has 0 saturated heterocycles. The van der Waals surface area contributed by atoms with E-state index in [0.29, 0.717) is 0 Å². The molecule has 0 bridgehead atoms. The fraction of sp³-hybridized carbons (Fsp3) is 0.143. The van der Waals surface area contributed by atoms with E-state index in [1.54, 1.807) is 0 Å². The molecule has 0 fully saturated rings. The van der Waals surface area contributed by atoms with Crippen molar-refractivity contribution in [2.24, 2.45) is 0 Å². The zero-order valence-electron chi connectivity index (χ0n) is 5.38. The Morgan fingerprint density at radius 3 is 1.64 bits per heavy atom. The second kappa shape index (κ2) is 8.02. The first-order valence-corrected chi connectivity index (χ1v) is 3.61. The summed E-state index contributed by atoms with van der Waals surface area (Å²) in [5.74, 6) is 0. The smallest absolute Gasteiger partial charge is 0.810 e. The molecular weight excluding hydrogens is 542 g/mol. The molecule has 0 heterocycles. The van der Waals surface area contributed by atoms with Crippen LogP contribution in [-0.4, -0.2) is 0 Å². The summed E-state index contributed by atoms with van der Waals surface area (Å²) < 4.78 is -0.175. The first-order valence-electron chi connectivity index (χ1n) is 2.67. The maximum absolute atomic E-state index is 4.86. The molecular formula is C7H6Au2S2. The van der Waals surface area contributed by atoms with Crippen LogP contribution in [0.3, 0.4) is 0 Å². The minimum atomic E-state index is -0.175. The van der Waals surface area contributed by atoms with E-state index in [2.05, 4.69) is 0 Å². The number of benzene rings is 1. The molecule has 0 radical (unpaired) electrons. The van der Waals surface area contributed by atoms with E-state index in [4.69, 9.17) is 25.3 Å². The predicted molar refractivity (Wildman–Crippen MR) is 43.9 cm³/mol. The van der Waals surface area contributed by atoms with Gasteiger partial charge in [-0.25, -0.2) is 0 Å². The van der Waals surface area contributed by atoms with E-state index in [1.807, 2.05) is 30.3 Å². The van der Waals surface area contributed by atoms with Crippen LogP contribution in [-0.2, 0) is 70.0 Å². The molecule has 0 aliphatic rings. The van der Waals surface area contributed by atoms with Crippen LogP contribution in [0.2, 0.25) is 0 Å². The van der Waals surface area contributed by atoms with Crippen molar-refractivity contribution in [3.63, 3.8) is 0 Å². The van der Waals surface area contributed by atoms with Gasteiger partial charge in [-0.05, 0) is 0 Å².